The average Bonchev–Trinajstić information content (AvgIpc) is 2.44. The molecule has 0 bridgehead atoms. The summed E-state index contributed by atoms with van der Waals surface area (Å²) in [7, 11) is 5.63. The number of aliphatic hydroxyl groups is 1. The molecule has 0 saturated carbocycles. The topological polar surface area (TPSA) is 74.2 Å². The normalized spacial score (nSPS) is 48.2. The van der Waals surface area contributed by atoms with Gasteiger partial charge < -0.3 is 23.6 Å². The molecule has 1 rings (SSSR count). The second kappa shape index (κ2) is 5.08. The van der Waals surface area contributed by atoms with Crippen molar-refractivity contribution in [1.82, 2.24) is 0 Å². The Morgan fingerprint density at radius 1 is 1.25 bits per heavy atom. The summed E-state index contributed by atoms with van der Waals surface area (Å²) in [6, 6.07) is 0. The molecule has 1 heterocycles. The van der Waals surface area contributed by atoms with Crippen molar-refractivity contribution in [2.45, 2.75) is 50.0 Å². The molecule has 0 aromatic carbocycles. The SMILES string of the molecule is [B]C1(C)OC(C)(COP(C)(=O)OC)C(C)(OC)C1(C)O. The third-order valence-corrected chi connectivity index (χ3v) is 5.92. The molecule has 5 unspecified atom stereocenters. The Morgan fingerprint density at radius 3 is 2.15 bits per heavy atom. The molecular formula is C12H24BO6P. The summed E-state index contributed by atoms with van der Waals surface area (Å²) in [6.07, 6.45) is 0. The maximum atomic E-state index is 11.9. The number of methoxy groups -OCH3 is 1. The summed E-state index contributed by atoms with van der Waals surface area (Å²) in [5.74, 6) is 0. The van der Waals surface area contributed by atoms with Gasteiger partial charge in [0.15, 0.2) is 0 Å². The van der Waals surface area contributed by atoms with Crippen molar-refractivity contribution in [3.63, 3.8) is 0 Å². The lowest BCUT2D eigenvalue weighted by Crippen LogP contribution is -2.64. The third-order valence-electron chi connectivity index (χ3n) is 4.66. The lowest BCUT2D eigenvalue weighted by atomic mass is 9.63. The molecule has 116 valence electrons. The van der Waals surface area contributed by atoms with Crippen molar-refractivity contribution in [1.29, 1.82) is 0 Å². The predicted octanol–water partition coefficient (Wildman–Crippen LogP) is 1.30. The average molecular weight is 306 g/mol. The van der Waals surface area contributed by atoms with Gasteiger partial charge in [-0.2, -0.15) is 0 Å². The number of hydrogen-bond acceptors (Lipinski definition) is 6. The van der Waals surface area contributed by atoms with Crippen LogP contribution in [0.5, 0.6) is 0 Å². The first-order chi connectivity index (χ1) is 8.79. The zero-order valence-corrected chi connectivity index (χ0v) is 14.1. The van der Waals surface area contributed by atoms with Crippen LogP contribution >= 0.6 is 7.60 Å². The molecule has 2 radical (unpaired) electrons. The van der Waals surface area contributed by atoms with E-state index in [4.69, 9.17) is 26.4 Å². The summed E-state index contributed by atoms with van der Waals surface area (Å²) in [6.45, 7) is 7.75. The van der Waals surface area contributed by atoms with E-state index in [1.807, 2.05) is 0 Å². The fourth-order valence-electron chi connectivity index (χ4n) is 2.53. The van der Waals surface area contributed by atoms with E-state index in [1.165, 1.54) is 20.9 Å². The Hall–Kier alpha value is 0.0949. The zero-order chi connectivity index (χ0) is 16.0. The summed E-state index contributed by atoms with van der Waals surface area (Å²) >= 11 is 0. The van der Waals surface area contributed by atoms with Crippen LogP contribution in [0, 0.1) is 0 Å². The van der Waals surface area contributed by atoms with Crippen molar-refractivity contribution in [3.8, 4) is 0 Å². The first-order valence-electron chi connectivity index (χ1n) is 6.33. The van der Waals surface area contributed by atoms with E-state index in [-0.39, 0.29) is 6.61 Å². The minimum Gasteiger partial charge on any atom is -0.385 e. The Labute approximate surface area is 122 Å². The summed E-state index contributed by atoms with van der Waals surface area (Å²) < 4.78 is 33.3. The highest BCUT2D eigenvalue weighted by molar-refractivity contribution is 7.52. The molecule has 1 saturated heterocycles. The van der Waals surface area contributed by atoms with E-state index in [0.29, 0.717) is 0 Å². The van der Waals surface area contributed by atoms with Gasteiger partial charge in [-0.15, -0.1) is 0 Å². The Morgan fingerprint density at radius 2 is 1.75 bits per heavy atom. The van der Waals surface area contributed by atoms with Gasteiger partial charge in [0.1, 0.15) is 24.6 Å². The van der Waals surface area contributed by atoms with E-state index in [9.17, 15) is 9.67 Å². The first-order valence-corrected chi connectivity index (χ1v) is 8.32. The molecule has 0 aromatic heterocycles. The lowest BCUT2D eigenvalue weighted by Gasteiger charge is -2.44. The molecule has 6 nitrogen and oxygen atoms in total. The van der Waals surface area contributed by atoms with Crippen LogP contribution < -0.4 is 0 Å². The molecule has 1 N–H and O–H groups in total. The standard InChI is InChI=1S/C12H24BO6P/c1-9(8-18-20(7,15)17-6)11(3,16-5)10(2,14)12(4,13)19-9/h14H,8H2,1-7H3. The molecule has 8 heteroatoms. The largest absolute Gasteiger partial charge is 0.385 e. The fraction of sp³-hybridized carbons (Fsp3) is 1.00. The quantitative estimate of drug-likeness (QED) is 0.609. The maximum Gasteiger partial charge on any atom is 0.327 e. The maximum absolute atomic E-state index is 11.9. The van der Waals surface area contributed by atoms with Gasteiger partial charge in [0.2, 0.25) is 0 Å². The first kappa shape index (κ1) is 18.1. The van der Waals surface area contributed by atoms with Crippen LogP contribution in [0.15, 0.2) is 0 Å². The van der Waals surface area contributed by atoms with Gasteiger partial charge in [-0.25, -0.2) is 0 Å². The number of hydrogen-bond donors (Lipinski definition) is 1. The number of ether oxygens (including phenoxy) is 2. The van der Waals surface area contributed by atoms with Crippen LogP contribution in [0.25, 0.3) is 0 Å². The van der Waals surface area contributed by atoms with Gasteiger partial charge >= 0.3 is 7.60 Å². The van der Waals surface area contributed by atoms with Crippen LogP contribution in [0.4, 0.5) is 0 Å². The van der Waals surface area contributed by atoms with Crippen molar-refractivity contribution in [3.05, 3.63) is 0 Å². The molecule has 0 spiro atoms. The predicted molar refractivity (Wildman–Crippen MR) is 76.2 cm³/mol. The molecule has 5 atom stereocenters. The van der Waals surface area contributed by atoms with Crippen LogP contribution in [0.1, 0.15) is 27.7 Å². The van der Waals surface area contributed by atoms with Gasteiger partial charge in [-0.1, -0.05) is 0 Å². The molecule has 0 amide bonds. The number of rotatable bonds is 5. The smallest absolute Gasteiger partial charge is 0.327 e. The molecule has 0 aliphatic carbocycles. The van der Waals surface area contributed by atoms with Gasteiger partial charge in [0.25, 0.3) is 0 Å². The van der Waals surface area contributed by atoms with Gasteiger partial charge in [-0.05, 0) is 27.7 Å². The van der Waals surface area contributed by atoms with Crippen molar-refractivity contribution < 1.29 is 28.2 Å². The highest BCUT2D eigenvalue weighted by Crippen LogP contribution is 2.54. The fourth-order valence-corrected chi connectivity index (χ4v) is 3.11. The van der Waals surface area contributed by atoms with Gasteiger partial charge in [-0.3, -0.25) is 4.57 Å². The Bertz CT molecular complexity index is 426. The van der Waals surface area contributed by atoms with Crippen molar-refractivity contribution in [2.75, 3.05) is 27.5 Å². The van der Waals surface area contributed by atoms with E-state index < -0.39 is 29.9 Å². The van der Waals surface area contributed by atoms with E-state index >= 15 is 0 Å². The molecule has 1 aliphatic rings. The van der Waals surface area contributed by atoms with Crippen LogP contribution in [0.3, 0.4) is 0 Å². The minimum atomic E-state index is -3.18. The van der Waals surface area contributed by atoms with Crippen molar-refractivity contribution in [2.24, 2.45) is 0 Å². The second-order valence-electron chi connectivity index (χ2n) is 5.98. The molecule has 1 aliphatic heterocycles. The van der Waals surface area contributed by atoms with E-state index in [0.717, 1.165) is 0 Å². The van der Waals surface area contributed by atoms with E-state index in [2.05, 4.69) is 0 Å². The summed E-state index contributed by atoms with van der Waals surface area (Å²) in [4.78, 5) is 0. The molecule has 0 aromatic rings. The van der Waals surface area contributed by atoms with E-state index in [1.54, 1.807) is 27.7 Å². The Balaban J connectivity index is 3.13. The lowest BCUT2D eigenvalue weighted by molar-refractivity contribution is -0.178. The monoisotopic (exact) mass is 306 g/mol. The molecule has 20 heavy (non-hydrogen) atoms. The summed E-state index contributed by atoms with van der Waals surface area (Å²) in [5, 5.41) is 10.7. The zero-order valence-electron chi connectivity index (χ0n) is 13.2. The highest BCUT2D eigenvalue weighted by Gasteiger charge is 2.70. The molecular weight excluding hydrogens is 282 g/mol. The second-order valence-corrected chi connectivity index (χ2v) is 8.14. The van der Waals surface area contributed by atoms with Crippen molar-refractivity contribution >= 4 is 15.4 Å². The van der Waals surface area contributed by atoms with Crippen LogP contribution in [-0.4, -0.2) is 62.7 Å². The third kappa shape index (κ3) is 2.49. The van der Waals surface area contributed by atoms with Crippen LogP contribution in [-0.2, 0) is 23.1 Å². The molecule has 1 fully saturated rings. The Kier molecular flexibility index (Phi) is 4.61. The van der Waals surface area contributed by atoms with Crippen LogP contribution in [0.2, 0.25) is 0 Å². The summed E-state index contributed by atoms with van der Waals surface area (Å²) in [5.41, 5.74) is -5.07. The van der Waals surface area contributed by atoms with Gasteiger partial charge in [0.05, 0.1) is 12.1 Å². The minimum absolute atomic E-state index is 0.0953. The van der Waals surface area contributed by atoms with Gasteiger partial charge in [0, 0.05) is 20.9 Å². The highest BCUT2D eigenvalue weighted by atomic mass is 31.2.